The van der Waals surface area contributed by atoms with Gasteiger partial charge in [0.05, 0.1) is 11.1 Å². The Hall–Kier alpha value is -3.62. The van der Waals surface area contributed by atoms with Gasteiger partial charge in [0.15, 0.2) is 0 Å². The van der Waals surface area contributed by atoms with Crippen molar-refractivity contribution < 1.29 is 9.66 Å². The lowest BCUT2D eigenvalue weighted by Gasteiger charge is -2.09. The minimum absolute atomic E-state index is 0.00399. The van der Waals surface area contributed by atoms with Crippen molar-refractivity contribution in [1.82, 2.24) is 19.9 Å². The first-order chi connectivity index (χ1) is 11.6. The molecule has 0 aliphatic rings. The Balaban J connectivity index is 1.99. The summed E-state index contributed by atoms with van der Waals surface area (Å²) in [6, 6.07) is 6.87. The van der Waals surface area contributed by atoms with Crippen LogP contribution in [0.2, 0.25) is 0 Å². The first-order valence-corrected chi connectivity index (χ1v) is 6.91. The first kappa shape index (κ1) is 15.3. The molecule has 3 rings (SSSR count). The number of rotatable bonds is 5. The van der Waals surface area contributed by atoms with Crippen molar-refractivity contribution in [2.75, 3.05) is 5.32 Å². The van der Waals surface area contributed by atoms with E-state index < -0.39 is 4.92 Å². The molecular weight excluding hydrogens is 312 g/mol. The highest BCUT2D eigenvalue weighted by molar-refractivity contribution is 5.68. The second kappa shape index (κ2) is 6.65. The summed E-state index contributed by atoms with van der Waals surface area (Å²) in [6.07, 6.45) is 5.76. The van der Waals surface area contributed by atoms with Gasteiger partial charge in [-0.05, 0) is 30.7 Å². The van der Waals surface area contributed by atoms with E-state index in [1.165, 1.54) is 12.5 Å². The number of anilines is 2. The molecule has 0 saturated carbocycles. The quantitative estimate of drug-likeness (QED) is 0.562. The summed E-state index contributed by atoms with van der Waals surface area (Å²) >= 11 is 0. The van der Waals surface area contributed by atoms with Crippen LogP contribution in [0.3, 0.4) is 0 Å². The van der Waals surface area contributed by atoms with Gasteiger partial charge in [-0.3, -0.25) is 15.1 Å². The summed E-state index contributed by atoms with van der Waals surface area (Å²) in [5.41, 5.74) is 0.437. The molecule has 0 aliphatic heterocycles. The molecule has 0 fully saturated rings. The lowest BCUT2D eigenvalue weighted by molar-refractivity contribution is -0.385. The lowest BCUT2D eigenvalue weighted by atomic mass is 10.3. The maximum absolute atomic E-state index is 11.5. The van der Waals surface area contributed by atoms with Gasteiger partial charge < -0.3 is 10.1 Å². The fourth-order valence-corrected chi connectivity index (χ4v) is 1.94. The highest BCUT2D eigenvalue weighted by Gasteiger charge is 2.25. The molecule has 0 bridgehead atoms. The van der Waals surface area contributed by atoms with E-state index in [9.17, 15) is 10.1 Å². The van der Waals surface area contributed by atoms with E-state index in [-0.39, 0.29) is 17.4 Å². The summed E-state index contributed by atoms with van der Waals surface area (Å²) in [5.74, 6) is 0.612. The van der Waals surface area contributed by atoms with Crippen molar-refractivity contribution in [3.05, 3.63) is 64.9 Å². The summed E-state index contributed by atoms with van der Waals surface area (Å²) < 4.78 is 5.46. The largest absolute Gasteiger partial charge is 0.432 e. The third-order valence-electron chi connectivity index (χ3n) is 3.07. The third kappa shape index (κ3) is 3.24. The van der Waals surface area contributed by atoms with Crippen molar-refractivity contribution in [3.63, 3.8) is 0 Å². The number of ether oxygens (including phenoxy) is 1. The second-order valence-electron chi connectivity index (χ2n) is 4.72. The maximum Gasteiger partial charge on any atom is 0.373 e. The van der Waals surface area contributed by atoms with Crippen molar-refractivity contribution in [2.24, 2.45) is 0 Å². The van der Waals surface area contributed by atoms with Crippen LogP contribution in [0.4, 0.5) is 17.3 Å². The summed E-state index contributed by atoms with van der Waals surface area (Å²) in [7, 11) is 0. The normalized spacial score (nSPS) is 10.2. The highest BCUT2D eigenvalue weighted by atomic mass is 16.6. The molecule has 9 nitrogen and oxygen atoms in total. The number of nitrogens with one attached hydrogen (secondary N) is 1. The van der Waals surface area contributed by atoms with Crippen LogP contribution >= 0.6 is 0 Å². The fraction of sp³-hybridized carbons (Fsp3) is 0.0667. The molecule has 0 spiro atoms. The van der Waals surface area contributed by atoms with Crippen molar-refractivity contribution in [3.8, 4) is 11.6 Å². The molecule has 0 unspecified atom stereocenters. The minimum Gasteiger partial charge on any atom is -0.432 e. The third-order valence-corrected chi connectivity index (χ3v) is 3.07. The Labute approximate surface area is 136 Å². The molecule has 3 aromatic rings. The molecule has 24 heavy (non-hydrogen) atoms. The van der Waals surface area contributed by atoms with E-state index in [0.717, 1.165) is 5.56 Å². The Morgan fingerprint density at radius 1 is 1.12 bits per heavy atom. The van der Waals surface area contributed by atoms with E-state index in [0.29, 0.717) is 11.6 Å². The van der Waals surface area contributed by atoms with Crippen molar-refractivity contribution in [1.29, 1.82) is 0 Å². The monoisotopic (exact) mass is 324 g/mol. The molecule has 0 saturated heterocycles. The van der Waals surface area contributed by atoms with Crippen LogP contribution in [-0.4, -0.2) is 24.9 Å². The topological polar surface area (TPSA) is 116 Å². The van der Waals surface area contributed by atoms with Crippen LogP contribution in [0.1, 0.15) is 5.56 Å². The number of aryl methyl sites for hydroxylation is 1. The van der Waals surface area contributed by atoms with E-state index in [1.54, 1.807) is 30.6 Å². The smallest absolute Gasteiger partial charge is 0.373 e. The summed E-state index contributed by atoms with van der Waals surface area (Å²) in [6.45, 7) is 1.83. The van der Waals surface area contributed by atoms with E-state index in [1.807, 2.05) is 13.0 Å². The van der Waals surface area contributed by atoms with Crippen molar-refractivity contribution >= 4 is 17.3 Å². The molecule has 0 amide bonds. The molecule has 3 aromatic heterocycles. The molecule has 0 aliphatic carbocycles. The average Bonchev–Trinajstić information content (AvgIpc) is 2.58. The van der Waals surface area contributed by atoms with Crippen LogP contribution in [0.5, 0.6) is 11.6 Å². The first-order valence-electron chi connectivity index (χ1n) is 6.91. The summed E-state index contributed by atoms with van der Waals surface area (Å²) in [4.78, 5) is 26.7. The number of pyridine rings is 2. The highest BCUT2D eigenvalue weighted by Crippen LogP contribution is 2.35. The fourth-order valence-electron chi connectivity index (χ4n) is 1.94. The van der Waals surface area contributed by atoms with Crippen molar-refractivity contribution in [2.45, 2.75) is 6.92 Å². The Kier molecular flexibility index (Phi) is 4.23. The van der Waals surface area contributed by atoms with Gasteiger partial charge in [0.1, 0.15) is 17.9 Å². The van der Waals surface area contributed by atoms with Gasteiger partial charge in [0.2, 0.25) is 5.82 Å². The number of hydrogen-bond acceptors (Lipinski definition) is 8. The lowest BCUT2D eigenvalue weighted by Crippen LogP contribution is -2.05. The average molecular weight is 324 g/mol. The van der Waals surface area contributed by atoms with Gasteiger partial charge in [-0.1, -0.05) is 6.07 Å². The number of aromatic nitrogens is 4. The maximum atomic E-state index is 11.5. The van der Waals surface area contributed by atoms with E-state index in [2.05, 4.69) is 25.3 Å². The zero-order valence-electron chi connectivity index (χ0n) is 12.6. The number of hydrogen-bond donors (Lipinski definition) is 1. The Morgan fingerprint density at radius 2 is 1.96 bits per heavy atom. The standard InChI is InChI=1S/C15H12N6O3/c1-10-4-2-7-17-13(10)20-14-12(21(22)23)15(19-9-18-14)24-11-5-3-6-16-8-11/h2-9H,1H3,(H,17,18,19,20). The second-order valence-corrected chi connectivity index (χ2v) is 4.72. The molecule has 1 N–H and O–H groups in total. The van der Waals surface area contributed by atoms with Crippen LogP contribution in [0, 0.1) is 17.0 Å². The van der Waals surface area contributed by atoms with Crippen LogP contribution in [0.25, 0.3) is 0 Å². The van der Waals surface area contributed by atoms with Crippen LogP contribution < -0.4 is 10.1 Å². The van der Waals surface area contributed by atoms with Gasteiger partial charge >= 0.3 is 11.6 Å². The molecule has 9 heteroatoms. The summed E-state index contributed by atoms with van der Waals surface area (Å²) in [5, 5.41) is 14.3. The van der Waals surface area contributed by atoms with Gasteiger partial charge in [-0.15, -0.1) is 0 Å². The molecule has 0 atom stereocenters. The van der Waals surface area contributed by atoms with Crippen LogP contribution in [0.15, 0.2) is 49.2 Å². The molecular formula is C15H12N6O3. The zero-order valence-corrected chi connectivity index (χ0v) is 12.6. The molecule has 120 valence electrons. The van der Waals surface area contributed by atoms with E-state index in [4.69, 9.17) is 4.74 Å². The molecule has 3 heterocycles. The zero-order chi connectivity index (χ0) is 16.9. The predicted molar refractivity (Wildman–Crippen MR) is 85.3 cm³/mol. The molecule has 0 aromatic carbocycles. The minimum atomic E-state index is -0.605. The van der Waals surface area contributed by atoms with E-state index >= 15 is 0 Å². The number of nitro groups is 1. The van der Waals surface area contributed by atoms with Gasteiger partial charge in [-0.2, -0.15) is 4.98 Å². The predicted octanol–water partition coefficient (Wildman–Crippen LogP) is 3.02. The van der Waals surface area contributed by atoms with Gasteiger partial charge in [0.25, 0.3) is 0 Å². The Morgan fingerprint density at radius 3 is 2.67 bits per heavy atom. The number of nitrogens with zero attached hydrogens (tertiary/aromatic N) is 5. The Bertz CT molecular complexity index is 872. The van der Waals surface area contributed by atoms with Gasteiger partial charge in [0, 0.05) is 12.4 Å². The molecule has 0 radical (unpaired) electrons. The van der Waals surface area contributed by atoms with Gasteiger partial charge in [-0.25, -0.2) is 9.97 Å². The SMILES string of the molecule is Cc1cccnc1Nc1ncnc(Oc2cccnc2)c1[N+](=O)[O-]. The van der Waals surface area contributed by atoms with Crippen LogP contribution in [-0.2, 0) is 0 Å².